The van der Waals surface area contributed by atoms with Crippen molar-refractivity contribution in [2.24, 2.45) is 0 Å². The van der Waals surface area contributed by atoms with E-state index >= 15 is 0 Å². The van der Waals surface area contributed by atoms with E-state index in [-0.39, 0.29) is 10.8 Å². The zero-order valence-corrected chi connectivity index (χ0v) is 42.6. The summed E-state index contributed by atoms with van der Waals surface area (Å²) in [6.07, 6.45) is 0. The van der Waals surface area contributed by atoms with Gasteiger partial charge in [0.05, 0.1) is 22.1 Å². The van der Waals surface area contributed by atoms with Crippen LogP contribution in [-0.4, -0.2) is 0 Å². The molecule has 0 amide bonds. The number of thiophene rings is 1. The number of anilines is 6. The van der Waals surface area contributed by atoms with Crippen LogP contribution in [0.25, 0.3) is 97.7 Å². The van der Waals surface area contributed by atoms with Crippen molar-refractivity contribution < 1.29 is 8.83 Å². The minimum Gasteiger partial charge on any atom is -0.455 e. The zero-order chi connectivity index (χ0) is 49.3. The normalized spacial score (nSPS) is 12.5. The molecule has 14 aromatic rings. The van der Waals surface area contributed by atoms with Gasteiger partial charge in [-0.15, -0.1) is 0 Å². The number of hydrogen-bond donors (Lipinski definition) is 0. The number of furan rings is 2. The lowest BCUT2D eigenvalue weighted by Gasteiger charge is -2.29. The van der Waals surface area contributed by atoms with Gasteiger partial charge in [-0.1, -0.05) is 163 Å². The lowest BCUT2D eigenvalue weighted by molar-refractivity contribution is 0.590. The highest BCUT2D eigenvalue weighted by Gasteiger charge is 2.30. The van der Waals surface area contributed by atoms with Gasteiger partial charge in [0.2, 0.25) is 0 Å². The quantitative estimate of drug-likeness (QED) is 0.156. The molecule has 73 heavy (non-hydrogen) atoms. The van der Waals surface area contributed by atoms with Crippen LogP contribution in [0.3, 0.4) is 0 Å². The first-order chi connectivity index (χ1) is 35.5. The predicted octanol–water partition coefficient (Wildman–Crippen LogP) is 20.8. The number of benzene rings is 11. The average molecular weight is 961 g/mol. The first kappa shape index (κ1) is 43.4. The molecule has 0 unspecified atom stereocenters. The topological polar surface area (TPSA) is 32.8 Å². The van der Waals surface area contributed by atoms with E-state index in [0.717, 1.165) is 99.5 Å². The Labute approximate surface area is 427 Å². The van der Waals surface area contributed by atoms with Crippen LogP contribution in [0.1, 0.15) is 52.7 Å². The van der Waals surface area contributed by atoms with Crippen molar-refractivity contribution in [1.29, 1.82) is 0 Å². The largest absolute Gasteiger partial charge is 0.455 e. The van der Waals surface area contributed by atoms with Crippen molar-refractivity contribution >= 4 is 143 Å². The highest BCUT2D eigenvalue weighted by Crippen LogP contribution is 2.54. The molecule has 0 spiro atoms. The predicted molar refractivity (Wildman–Crippen MR) is 313 cm³/mol. The second-order valence-electron chi connectivity index (χ2n) is 21.8. The Morgan fingerprint density at radius 1 is 0.329 bits per heavy atom. The maximum absolute atomic E-state index is 7.34. The van der Waals surface area contributed by atoms with Gasteiger partial charge in [0.1, 0.15) is 22.3 Å². The molecule has 352 valence electrons. The van der Waals surface area contributed by atoms with Gasteiger partial charge >= 0.3 is 0 Å². The summed E-state index contributed by atoms with van der Waals surface area (Å²) in [6, 6.07) is 71.1. The van der Waals surface area contributed by atoms with Gasteiger partial charge < -0.3 is 18.6 Å². The highest BCUT2D eigenvalue weighted by molar-refractivity contribution is 7.09. The van der Waals surface area contributed by atoms with Crippen LogP contribution in [0, 0.1) is 0 Å². The fourth-order valence-corrected chi connectivity index (χ4v) is 12.3. The van der Waals surface area contributed by atoms with E-state index in [0.29, 0.717) is 0 Å². The number of rotatable bonds is 6. The standard InChI is InChI=1S/C68H52N2O2S/c1-67(2,3)45-25-31-47(32-26-45)69(49-29-23-41-15-7-9-17-43(41)35-49)57-37-53-55-39-73-40-56(55)54-38-58(70(48-33-27-46(28-34-48)68(4,5)6)50-30-24-42-16-8-10-18-44(42)36-50)62-52-20-12-14-22-60(52)72-66(62)64(54)63(53)65-61(57)51-19-11-13-21-59(51)71-65/h7-40H,1-6H3. The van der Waals surface area contributed by atoms with Crippen molar-refractivity contribution in [3.05, 3.63) is 216 Å². The van der Waals surface area contributed by atoms with Crippen molar-refractivity contribution in [2.75, 3.05) is 9.80 Å². The Morgan fingerprint density at radius 3 is 1.11 bits per heavy atom. The second-order valence-corrected chi connectivity index (χ2v) is 22.5. The van der Waals surface area contributed by atoms with Gasteiger partial charge in [-0.2, -0.15) is 11.3 Å². The molecule has 3 aromatic heterocycles. The molecule has 0 radical (unpaired) electrons. The van der Waals surface area contributed by atoms with E-state index in [1.807, 2.05) is 0 Å². The maximum Gasteiger partial charge on any atom is 0.146 e. The van der Waals surface area contributed by atoms with Crippen LogP contribution >= 0.6 is 11.3 Å². The Balaban J connectivity index is 1.13. The molecule has 0 bridgehead atoms. The fourth-order valence-electron chi connectivity index (χ4n) is 11.5. The Kier molecular flexibility index (Phi) is 9.55. The Morgan fingerprint density at radius 2 is 0.699 bits per heavy atom. The van der Waals surface area contributed by atoms with Crippen LogP contribution in [0.5, 0.6) is 0 Å². The zero-order valence-electron chi connectivity index (χ0n) is 41.7. The number of hydrogen-bond acceptors (Lipinski definition) is 5. The van der Waals surface area contributed by atoms with Crippen LogP contribution in [-0.2, 0) is 10.8 Å². The van der Waals surface area contributed by atoms with Gasteiger partial charge in [-0.3, -0.25) is 0 Å². The van der Waals surface area contributed by atoms with Crippen molar-refractivity contribution in [2.45, 2.75) is 52.4 Å². The lowest BCUT2D eigenvalue weighted by Crippen LogP contribution is -2.13. The van der Waals surface area contributed by atoms with Crippen LogP contribution < -0.4 is 9.80 Å². The molecule has 0 aliphatic carbocycles. The third-order valence-corrected chi connectivity index (χ3v) is 15.9. The molecule has 5 heteroatoms. The summed E-state index contributed by atoms with van der Waals surface area (Å²) in [6.45, 7) is 13.6. The number of nitrogens with zero attached hydrogens (tertiary/aromatic N) is 2. The summed E-state index contributed by atoms with van der Waals surface area (Å²) in [4.78, 5) is 4.88. The van der Waals surface area contributed by atoms with Gasteiger partial charge in [-0.25, -0.2) is 0 Å². The summed E-state index contributed by atoms with van der Waals surface area (Å²) in [7, 11) is 0. The molecule has 3 heterocycles. The molecule has 0 saturated carbocycles. The SMILES string of the molecule is CC(C)(C)c1ccc(N(c2ccc3ccccc3c2)c2cc3c4cscc4c4cc(N(c5ccc(C(C)(C)C)cc5)c5ccc6ccccc6c5)c5c6ccccc6oc5c4c3c3oc4ccccc4c23)cc1. The Bertz CT molecular complexity index is 4230. The summed E-state index contributed by atoms with van der Waals surface area (Å²) in [5, 5.41) is 20.3. The minimum absolute atomic E-state index is 0.000141. The van der Waals surface area contributed by atoms with E-state index in [2.05, 4.69) is 256 Å². The monoisotopic (exact) mass is 960 g/mol. The summed E-state index contributed by atoms with van der Waals surface area (Å²) in [5.41, 5.74) is 12.3. The summed E-state index contributed by atoms with van der Waals surface area (Å²) < 4.78 is 14.7. The smallest absolute Gasteiger partial charge is 0.146 e. The summed E-state index contributed by atoms with van der Waals surface area (Å²) >= 11 is 1.74. The van der Waals surface area contributed by atoms with Crippen molar-refractivity contribution in [1.82, 2.24) is 0 Å². The minimum atomic E-state index is 0.000141. The molecular weight excluding hydrogens is 909 g/mol. The third kappa shape index (κ3) is 6.86. The van der Waals surface area contributed by atoms with Gasteiger partial charge in [0.25, 0.3) is 0 Å². The number of fused-ring (bicyclic) bond motifs is 16. The van der Waals surface area contributed by atoms with Crippen LogP contribution in [0.15, 0.2) is 214 Å². The molecule has 0 aliphatic rings. The molecule has 0 aliphatic heterocycles. The van der Waals surface area contributed by atoms with Crippen LogP contribution in [0.2, 0.25) is 0 Å². The van der Waals surface area contributed by atoms with Crippen LogP contribution in [0.4, 0.5) is 34.1 Å². The van der Waals surface area contributed by atoms with Gasteiger partial charge in [-0.05, 0) is 138 Å². The average Bonchev–Trinajstić information content (AvgIpc) is 4.16. The first-order valence-electron chi connectivity index (χ1n) is 25.3. The maximum atomic E-state index is 7.34. The summed E-state index contributed by atoms with van der Waals surface area (Å²) in [5.74, 6) is 0. The second kappa shape index (κ2) is 16.1. The first-order valence-corrected chi connectivity index (χ1v) is 26.2. The highest BCUT2D eigenvalue weighted by atomic mass is 32.1. The Hall–Kier alpha value is -8.38. The third-order valence-electron chi connectivity index (χ3n) is 15.2. The van der Waals surface area contributed by atoms with Crippen molar-refractivity contribution in [3.8, 4) is 0 Å². The molecule has 4 nitrogen and oxygen atoms in total. The van der Waals surface area contributed by atoms with E-state index in [9.17, 15) is 0 Å². The molecular formula is C68H52N2O2S. The molecule has 0 saturated heterocycles. The fraction of sp³-hybridized carbons (Fsp3) is 0.118. The lowest BCUT2D eigenvalue weighted by atomic mass is 9.87. The molecule has 11 aromatic carbocycles. The van der Waals surface area contributed by atoms with E-state index in [4.69, 9.17) is 8.83 Å². The molecule has 0 N–H and O–H groups in total. The van der Waals surface area contributed by atoms with E-state index < -0.39 is 0 Å². The van der Waals surface area contributed by atoms with E-state index in [1.165, 1.54) is 43.4 Å². The molecule has 0 fully saturated rings. The number of para-hydroxylation sites is 2. The molecule has 14 rings (SSSR count). The molecule has 0 atom stereocenters. The van der Waals surface area contributed by atoms with Gasteiger partial charge in [0.15, 0.2) is 0 Å². The van der Waals surface area contributed by atoms with E-state index in [1.54, 1.807) is 11.3 Å². The van der Waals surface area contributed by atoms with Gasteiger partial charge in [0, 0.05) is 55.1 Å². The van der Waals surface area contributed by atoms with Crippen molar-refractivity contribution in [3.63, 3.8) is 0 Å².